The van der Waals surface area contributed by atoms with Crippen molar-refractivity contribution in [2.75, 3.05) is 39.0 Å². The van der Waals surface area contributed by atoms with Crippen LogP contribution in [0.4, 0.5) is 9.18 Å². The molecule has 0 N–H and O–H groups in total. The first-order chi connectivity index (χ1) is 14.6. The summed E-state index contributed by atoms with van der Waals surface area (Å²) in [6.07, 6.45) is 0.359. The quantitative estimate of drug-likeness (QED) is 0.629. The second-order valence-corrected chi connectivity index (χ2v) is 7.66. The van der Waals surface area contributed by atoms with E-state index in [2.05, 4.69) is 0 Å². The zero-order valence-electron chi connectivity index (χ0n) is 16.4. The molecule has 6 nitrogen and oxygen atoms in total. The molecule has 0 aliphatic carbocycles. The highest BCUT2D eigenvalue weighted by molar-refractivity contribution is 6.18. The van der Waals surface area contributed by atoms with Gasteiger partial charge in [-0.1, -0.05) is 12.1 Å². The highest BCUT2D eigenvalue weighted by Crippen LogP contribution is 2.37. The van der Waals surface area contributed by atoms with Gasteiger partial charge in [0.1, 0.15) is 18.2 Å². The fraction of sp³-hybridized carbons (Fsp3) is 0.409. The van der Waals surface area contributed by atoms with E-state index in [1.54, 1.807) is 23.1 Å². The molecule has 2 aromatic carbocycles. The first-order valence-electron chi connectivity index (χ1n) is 9.89. The average molecular weight is 436 g/mol. The van der Waals surface area contributed by atoms with Crippen molar-refractivity contribution >= 4 is 17.7 Å². The molecule has 1 saturated heterocycles. The van der Waals surface area contributed by atoms with Crippen molar-refractivity contribution in [3.63, 3.8) is 0 Å². The van der Waals surface area contributed by atoms with Crippen molar-refractivity contribution < 1.29 is 28.1 Å². The van der Waals surface area contributed by atoms with Crippen molar-refractivity contribution in [2.45, 2.75) is 12.3 Å². The van der Waals surface area contributed by atoms with Crippen LogP contribution in [-0.2, 0) is 4.74 Å². The van der Waals surface area contributed by atoms with Crippen LogP contribution in [0.3, 0.4) is 0 Å². The first kappa shape index (κ1) is 20.6. The number of nitrogens with zero attached hydrogens (tertiary/aromatic N) is 1. The van der Waals surface area contributed by atoms with E-state index in [9.17, 15) is 9.18 Å². The normalized spacial score (nSPS) is 20.1. The lowest BCUT2D eigenvalue weighted by molar-refractivity contribution is 0.0717. The maximum absolute atomic E-state index is 13.4. The number of benzene rings is 2. The Balaban J connectivity index is 1.47. The molecule has 2 unspecified atom stereocenters. The van der Waals surface area contributed by atoms with Crippen LogP contribution >= 0.6 is 11.6 Å². The van der Waals surface area contributed by atoms with E-state index in [1.165, 1.54) is 12.1 Å². The van der Waals surface area contributed by atoms with Gasteiger partial charge in [-0.25, -0.2) is 9.18 Å². The zero-order chi connectivity index (χ0) is 20.9. The maximum Gasteiger partial charge on any atom is 0.409 e. The Morgan fingerprint density at radius 3 is 2.77 bits per heavy atom. The van der Waals surface area contributed by atoms with Crippen molar-refractivity contribution in [1.29, 1.82) is 0 Å². The zero-order valence-corrected chi connectivity index (χ0v) is 17.1. The summed E-state index contributed by atoms with van der Waals surface area (Å²) >= 11 is 5.62. The number of carbonyl (C=O) groups excluding carboxylic acids is 1. The highest BCUT2D eigenvalue weighted by atomic mass is 35.5. The van der Waals surface area contributed by atoms with E-state index < -0.39 is 0 Å². The SMILES string of the molecule is O=C(OCCCl)N1CCC(c2ccc(F)cc2)C(COc2ccc3c(c2)OCO3)C1. The van der Waals surface area contributed by atoms with Gasteiger partial charge in [-0.3, -0.25) is 0 Å². The van der Waals surface area contributed by atoms with Gasteiger partial charge in [-0.2, -0.15) is 0 Å². The van der Waals surface area contributed by atoms with Crippen LogP contribution in [0.2, 0.25) is 0 Å². The fourth-order valence-corrected chi connectivity index (χ4v) is 3.98. The molecule has 0 aromatic heterocycles. The highest BCUT2D eigenvalue weighted by Gasteiger charge is 2.33. The van der Waals surface area contributed by atoms with Gasteiger partial charge in [0.15, 0.2) is 11.5 Å². The summed E-state index contributed by atoms with van der Waals surface area (Å²) < 4.78 is 35.3. The lowest BCUT2D eigenvalue weighted by Crippen LogP contribution is -2.45. The number of ether oxygens (including phenoxy) is 4. The molecular formula is C22H23ClFNO5. The number of likely N-dealkylation sites (tertiary alicyclic amines) is 1. The second kappa shape index (κ2) is 9.43. The first-order valence-corrected chi connectivity index (χ1v) is 10.4. The molecule has 160 valence electrons. The van der Waals surface area contributed by atoms with E-state index in [4.69, 9.17) is 30.5 Å². The summed E-state index contributed by atoms with van der Waals surface area (Å²) in [6, 6.07) is 12.0. The van der Waals surface area contributed by atoms with Crippen LogP contribution in [0.1, 0.15) is 17.9 Å². The number of carbonyl (C=O) groups is 1. The minimum Gasteiger partial charge on any atom is -0.493 e. The van der Waals surface area contributed by atoms with Crippen LogP contribution in [0.5, 0.6) is 17.2 Å². The Morgan fingerprint density at radius 2 is 1.97 bits per heavy atom. The summed E-state index contributed by atoms with van der Waals surface area (Å²) in [6.45, 7) is 1.81. The molecule has 8 heteroatoms. The van der Waals surface area contributed by atoms with Crippen LogP contribution < -0.4 is 14.2 Å². The molecule has 2 aliphatic rings. The van der Waals surface area contributed by atoms with Crippen molar-refractivity contribution in [3.8, 4) is 17.2 Å². The summed E-state index contributed by atoms with van der Waals surface area (Å²) in [5.41, 5.74) is 1.03. The minimum absolute atomic E-state index is 0.0122. The Morgan fingerprint density at radius 1 is 1.17 bits per heavy atom. The molecule has 1 fully saturated rings. The summed E-state index contributed by atoms with van der Waals surface area (Å²) in [7, 11) is 0. The van der Waals surface area contributed by atoms with E-state index in [-0.39, 0.29) is 43.0 Å². The van der Waals surface area contributed by atoms with E-state index in [0.717, 1.165) is 12.0 Å². The summed E-state index contributed by atoms with van der Waals surface area (Å²) in [5, 5.41) is 0. The molecular weight excluding hydrogens is 413 g/mol. The Labute approximate surface area is 179 Å². The van der Waals surface area contributed by atoms with Gasteiger partial charge in [0.2, 0.25) is 6.79 Å². The molecule has 1 amide bonds. The molecule has 0 radical (unpaired) electrons. The van der Waals surface area contributed by atoms with Crippen molar-refractivity contribution in [3.05, 3.63) is 53.8 Å². The van der Waals surface area contributed by atoms with Gasteiger partial charge in [-0.05, 0) is 42.2 Å². The third-order valence-corrected chi connectivity index (χ3v) is 5.56. The lowest BCUT2D eigenvalue weighted by atomic mass is 9.81. The van der Waals surface area contributed by atoms with Gasteiger partial charge >= 0.3 is 6.09 Å². The predicted octanol–water partition coefficient (Wildman–Crippen LogP) is 4.41. The topological polar surface area (TPSA) is 57.2 Å². The standard InChI is InChI=1S/C22H23ClFNO5/c23-8-10-27-22(26)25-9-7-19(15-1-3-17(24)4-2-15)16(12-25)13-28-18-5-6-20-21(11-18)30-14-29-20/h1-6,11,16,19H,7-10,12-14H2. The second-order valence-electron chi connectivity index (χ2n) is 7.28. The number of amides is 1. The van der Waals surface area contributed by atoms with E-state index in [1.807, 2.05) is 12.1 Å². The van der Waals surface area contributed by atoms with Crippen LogP contribution in [0, 0.1) is 11.7 Å². The van der Waals surface area contributed by atoms with Crippen LogP contribution in [0.15, 0.2) is 42.5 Å². The predicted molar refractivity (Wildman–Crippen MR) is 109 cm³/mol. The Bertz CT molecular complexity index is 878. The largest absolute Gasteiger partial charge is 0.493 e. The molecule has 2 atom stereocenters. The average Bonchev–Trinajstić information content (AvgIpc) is 3.24. The van der Waals surface area contributed by atoms with Gasteiger partial charge in [0.25, 0.3) is 0 Å². The minimum atomic E-state index is -0.374. The van der Waals surface area contributed by atoms with Gasteiger partial charge in [0.05, 0.1) is 12.5 Å². The Kier molecular flexibility index (Phi) is 6.47. The monoisotopic (exact) mass is 435 g/mol. The van der Waals surface area contributed by atoms with E-state index >= 15 is 0 Å². The fourth-order valence-electron chi connectivity index (χ4n) is 3.90. The number of rotatable bonds is 6. The van der Waals surface area contributed by atoms with Gasteiger partial charge in [-0.15, -0.1) is 11.6 Å². The molecule has 4 rings (SSSR count). The molecule has 2 aliphatic heterocycles. The smallest absolute Gasteiger partial charge is 0.409 e. The number of hydrogen-bond donors (Lipinski definition) is 0. The molecule has 2 heterocycles. The molecule has 0 saturated carbocycles. The maximum atomic E-state index is 13.4. The number of fused-ring (bicyclic) bond motifs is 1. The van der Waals surface area contributed by atoms with Crippen LogP contribution in [-0.4, -0.2) is 50.0 Å². The Hall–Kier alpha value is -2.67. The van der Waals surface area contributed by atoms with Gasteiger partial charge in [0, 0.05) is 25.1 Å². The number of alkyl halides is 1. The number of piperidine rings is 1. The third kappa shape index (κ3) is 4.73. The van der Waals surface area contributed by atoms with Crippen LogP contribution in [0.25, 0.3) is 0 Å². The molecule has 2 aromatic rings. The summed E-state index contributed by atoms with van der Waals surface area (Å²) in [4.78, 5) is 14.0. The van der Waals surface area contributed by atoms with Crippen molar-refractivity contribution in [1.82, 2.24) is 4.90 Å². The molecule has 0 bridgehead atoms. The van der Waals surface area contributed by atoms with Crippen molar-refractivity contribution in [2.24, 2.45) is 5.92 Å². The molecule has 0 spiro atoms. The number of halogens is 2. The molecule has 30 heavy (non-hydrogen) atoms. The third-order valence-electron chi connectivity index (χ3n) is 5.40. The number of hydrogen-bond acceptors (Lipinski definition) is 5. The summed E-state index contributed by atoms with van der Waals surface area (Å²) in [5.74, 6) is 2.15. The van der Waals surface area contributed by atoms with E-state index in [0.29, 0.717) is 36.9 Å². The van der Waals surface area contributed by atoms with Gasteiger partial charge < -0.3 is 23.8 Å². The lowest BCUT2D eigenvalue weighted by Gasteiger charge is -2.38.